The summed E-state index contributed by atoms with van der Waals surface area (Å²) in [5.74, 6) is -0.159. The highest BCUT2D eigenvalue weighted by Crippen LogP contribution is 2.29. The number of hydrogen-bond donors (Lipinski definition) is 0. The number of ether oxygens (including phenoxy) is 1. The van der Waals surface area contributed by atoms with E-state index >= 15 is 0 Å². The molecule has 0 saturated carbocycles. The molecule has 0 aromatic heterocycles. The van der Waals surface area contributed by atoms with Crippen molar-refractivity contribution in [2.24, 2.45) is 0 Å². The first-order valence-electron chi connectivity index (χ1n) is 4.32. The first-order chi connectivity index (χ1) is 6.72. The van der Waals surface area contributed by atoms with E-state index in [0.717, 1.165) is 16.7 Å². The third kappa shape index (κ3) is 1.75. The average molecular weight is 256 g/mol. The molecule has 0 N–H and O–H groups in total. The first-order valence-corrected chi connectivity index (χ1v) is 5.11. The van der Waals surface area contributed by atoms with Gasteiger partial charge in [0, 0.05) is 10.2 Å². The second-order valence-corrected chi connectivity index (χ2v) is 4.08. The molecule has 1 aliphatic heterocycles. The molecule has 14 heavy (non-hydrogen) atoms. The topological polar surface area (TPSA) is 29.3 Å². The van der Waals surface area contributed by atoms with Gasteiger partial charge in [-0.15, -0.1) is 0 Å². The van der Waals surface area contributed by atoms with Gasteiger partial charge < -0.3 is 9.64 Å². The zero-order valence-electron chi connectivity index (χ0n) is 7.74. The summed E-state index contributed by atoms with van der Waals surface area (Å²) in [5.41, 5.74) is 1.06. The fourth-order valence-electron chi connectivity index (χ4n) is 1.39. The third-order valence-electron chi connectivity index (χ3n) is 2.24. The van der Waals surface area contributed by atoms with Crippen molar-refractivity contribution >= 4 is 27.6 Å². The van der Waals surface area contributed by atoms with E-state index in [9.17, 15) is 4.79 Å². The van der Waals surface area contributed by atoms with E-state index in [0.29, 0.717) is 0 Å². The maximum absolute atomic E-state index is 11.2. The molecule has 3 nitrogen and oxygen atoms in total. The number of hydrogen-bond acceptors (Lipinski definition) is 3. The van der Waals surface area contributed by atoms with Crippen LogP contribution in [0, 0.1) is 0 Å². The van der Waals surface area contributed by atoms with Gasteiger partial charge in [-0.3, -0.25) is 0 Å². The second-order valence-electron chi connectivity index (χ2n) is 3.17. The fourth-order valence-corrected chi connectivity index (χ4v) is 1.66. The highest BCUT2D eigenvalue weighted by atomic mass is 79.9. The second kappa shape index (κ2) is 3.61. The summed E-state index contributed by atoms with van der Waals surface area (Å²) >= 11 is 3.36. The molecule has 4 heteroatoms. The van der Waals surface area contributed by atoms with Crippen LogP contribution in [0.1, 0.15) is 0 Å². The average Bonchev–Trinajstić information content (AvgIpc) is 2.98. The molecule has 0 spiro atoms. The Hall–Kier alpha value is -1.03. The molecule has 2 rings (SSSR count). The van der Waals surface area contributed by atoms with E-state index in [2.05, 4.69) is 20.7 Å². The zero-order valence-corrected chi connectivity index (χ0v) is 9.32. The van der Waals surface area contributed by atoms with Crippen molar-refractivity contribution in [3.63, 3.8) is 0 Å². The largest absolute Gasteiger partial charge is 0.467 e. The van der Waals surface area contributed by atoms with Crippen LogP contribution in [0.15, 0.2) is 28.7 Å². The number of halogens is 1. The van der Waals surface area contributed by atoms with E-state index in [4.69, 9.17) is 0 Å². The predicted octanol–water partition coefficient (Wildman–Crippen LogP) is 1.81. The molecule has 0 bridgehead atoms. The number of methoxy groups -OCH3 is 1. The lowest BCUT2D eigenvalue weighted by atomic mass is 10.3. The van der Waals surface area contributed by atoms with Gasteiger partial charge in [0.1, 0.15) is 6.04 Å². The van der Waals surface area contributed by atoms with Crippen molar-refractivity contribution in [3.05, 3.63) is 28.7 Å². The highest BCUT2D eigenvalue weighted by Gasteiger charge is 2.41. The van der Waals surface area contributed by atoms with Gasteiger partial charge in [0.25, 0.3) is 0 Å². The lowest BCUT2D eigenvalue weighted by Crippen LogP contribution is -2.13. The van der Waals surface area contributed by atoms with Crippen LogP contribution in [0.4, 0.5) is 5.69 Å². The van der Waals surface area contributed by atoms with Gasteiger partial charge in [-0.25, -0.2) is 4.79 Å². The lowest BCUT2D eigenvalue weighted by molar-refractivity contribution is -0.139. The van der Waals surface area contributed by atoms with Crippen molar-refractivity contribution < 1.29 is 9.53 Å². The van der Waals surface area contributed by atoms with E-state index in [-0.39, 0.29) is 12.0 Å². The number of carbonyl (C=O) groups is 1. The van der Waals surface area contributed by atoms with Crippen molar-refractivity contribution in [1.82, 2.24) is 0 Å². The van der Waals surface area contributed by atoms with Gasteiger partial charge in [0.05, 0.1) is 13.7 Å². The van der Waals surface area contributed by atoms with Gasteiger partial charge in [-0.2, -0.15) is 0 Å². The van der Waals surface area contributed by atoms with Gasteiger partial charge in [0.2, 0.25) is 0 Å². The molecule has 74 valence electrons. The summed E-state index contributed by atoms with van der Waals surface area (Å²) in [6.07, 6.45) is 0. The Morgan fingerprint density at radius 3 is 2.71 bits per heavy atom. The fraction of sp³-hybridized carbons (Fsp3) is 0.300. The minimum atomic E-state index is -0.159. The Kier molecular flexibility index (Phi) is 2.46. The zero-order chi connectivity index (χ0) is 10.1. The Bertz CT molecular complexity index is 350. The number of rotatable bonds is 2. The lowest BCUT2D eigenvalue weighted by Gasteiger charge is -2.04. The van der Waals surface area contributed by atoms with Crippen LogP contribution < -0.4 is 4.90 Å². The van der Waals surface area contributed by atoms with E-state index in [1.165, 1.54) is 7.11 Å². The van der Waals surface area contributed by atoms with Crippen LogP contribution in [-0.2, 0) is 9.53 Å². The van der Waals surface area contributed by atoms with Crippen LogP contribution >= 0.6 is 15.9 Å². The summed E-state index contributed by atoms with van der Waals surface area (Å²) in [7, 11) is 1.42. The van der Waals surface area contributed by atoms with Crippen molar-refractivity contribution in [2.45, 2.75) is 6.04 Å². The number of benzene rings is 1. The Morgan fingerprint density at radius 1 is 1.50 bits per heavy atom. The number of carbonyl (C=O) groups excluding carboxylic acids is 1. The van der Waals surface area contributed by atoms with Crippen LogP contribution in [0.2, 0.25) is 0 Å². The van der Waals surface area contributed by atoms with Crippen LogP contribution in [0.3, 0.4) is 0 Å². The quantitative estimate of drug-likeness (QED) is 0.597. The molecule has 1 saturated heterocycles. The van der Waals surface area contributed by atoms with Crippen molar-refractivity contribution in [3.8, 4) is 0 Å². The van der Waals surface area contributed by atoms with E-state index in [1.54, 1.807) is 0 Å². The number of esters is 1. The molecule has 0 amide bonds. The summed E-state index contributed by atoms with van der Waals surface area (Å²) in [4.78, 5) is 13.1. The Labute approximate surface area is 90.8 Å². The van der Waals surface area contributed by atoms with E-state index < -0.39 is 0 Å². The van der Waals surface area contributed by atoms with Gasteiger partial charge in [-0.05, 0) is 24.3 Å². The molecule has 1 heterocycles. The highest BCUT2D eigenvalue weighted by molar-refractivity contribution is 9.10. The number of anilines is 1. The van der Waals surface area contributed by atoms with Crippen molar-refractivity contribution in [1.29, 1.82) is 0 Å². The molecule has 1 aliphatic rings. The summed E-state index contributed by atoms with van der Waals surface area (Å²) in [6.45, 7) is 0.758. The van der Waals surface area contributed by atoms with Gasteiger partial charge >= 0.3 is 5.97 Å². The van der Waals surface area contributed by atoms with Crippen LogP contribution in [0.5, 0.6) is 0 Å². The molecule has 1 unspecified atom stereocenters. The molecule has 1 aromatic rings. The molecule has 0 radical (unpaired) electrons. The maximum atomic E-state index is 11.2. The predicted molar refractivity (Wildman–Crippen MR) is 57.3 cm³/mol. The molecule has 1 fully saturated rings. The molecule has 1 aromatic carbocycles. The SMILES string of the molecule is COC(=O)C1CN1c1ccc(Br)cc1. The number of nitrogens with zero attached hydrogens (tertiary/aromatic N) is 1. The smallest absolute Gasteiger partial charge is 0.330 e. The van der Waals surface area contributed by atoms with E-state index in [1.807, 2.05) is 29.2 Å². The summed E-state index contributed by atoms with van der Waals surface area (Å²) < 4.78 is 5.70. The standard InChI is InChI=1S/C10H10BrNO2/c1-14-10(13)9-6-12(9)8-4-2-7(11)3-5-8/h2-5,9H,6H2,1H3. The van der Waals surface area contributed by atoms with Crippen LogP contribution in [-0.4, -0.2) is 25.7 Å². The summed E-state index contributed by atoms with van der Waals surface area (Å²) in [6, 6.07) is 7.80. The summed E-state index contributed by atoms with van der Waals surface area (Å²) in [5, 5.41) is 0. The van der Waals surface area contributed by atoms with Crippen molar-refractivity contribution in [2.75, 3.05) is 18.6 Å². The Balaban J connectivity index is 2.06. The Morgan fingerprint density at radius 2 is 2.14 bits per heavy atom. The first kappa shape index (κ1) is 9.52. The molecular weight excluding hydrogens is 246 g/mol. The maximum Gasteiger partial charge on any atom is 0.330 e. The normalized spacial score (nSPS) is 19.3. The molecule has 1 atom stereocenters. The monoisotopic (exact) mass is 255 g/mol. The van der Waals surface area contributed by atoms with Crippen LogP contribution in [0.25, 0.3) is 0 Å². The minimum Gasteiger partial charge on any atom is -0.467 e. The van der Waals surface area contributed by atoms with Gasteiger partial charge in [-0.1, -0.05) is 15.9 Å². The van der Waals surface area contributed by atoms with Gasteiger partial charge in [0.15, 0.2) is 0 Å². The minimum absolute atomic E-state index is 0.0822. The molecule has 0 aliphatic carbocycles. The third-order valence-corrected chi connectivity index (χ3v) is 2.77. The molecular formula is C10H10BrNO2.